The van der Waals surface area contributed by atoms with E-state index in [-0.39, 0.29) is 36.6 Å². The van der Waals surface area contributed by atoms with Crippen molar-refractivity contribution in [3.8, 4) is 0 Å². The number of carbonyl (C=O) groups excluding carboxylic acids is 1. The van der Waals surface area contributed by atoms with Crippen LogP contribution in [0.3, 0.4) is 0 Å². The number of hydrogen-bond acceptors (Lipinski definition) is 5. The zero-order chi connectivity index (χ0) is 24.4. The van der Waals surface area contributed by atoms with E-state index in [0.29, 0.717) is 30.7 Å². The molecule has 0 spiro atoms. The van der Waals surface area contributed by atoms with Crippen molar-refractivity contribution in [2.24, 2.45) is 5.92 Å². The smallest absolute Gasteiger partial charge is 0.270 e. The third-order valence-corrected chi connectivity index (χ3v) is 6.39. The van der Waals surface area contributed by atoms with Crippen molar-refractivity contribution in [3.63, 3.8) is 0 Å². The molecule has 1 saturated carbocycles. The minimum atomic E-state index is -2.50. The molecule has 8 nitrogen and oxygen atoms in total. The van der Waals surface area contributed by atoms with Gasteiger partial charge in [-0.3, -0.25) is 14.0 Å². The number of hydrogen-bond donors (Lipinski definition) is 2. The van der Waals surface area contributed by atoms with Crippen LogP contribution in [0.25, 0.3) is 11.3 Å². The molecular formula is C25H26F2N6O2. The highest BCUT2D eigenvalue weighted by atomic mass is 19.3. The van der Waals surface area contributed by atoms with Gasteiger partial charge in [-0.2, -0.15) is 0 Å². The maximum Gasteiger partial charge on any atom is 0.270 e. The van der Waals surface area contributed by atoms with Crippen LogP contribution >= 0.6 is 0 Å². The number of imidazole rings is 1. The normalized spacial score (nSPS) is 16.1. The third-order valence-electron chi connectivity index (χ3n) is 6.39. The number of fused-ring (bicyclic) bond motifs is 2. The van der Waals surface area contributed by atoms with Crippen molar-refractivity contribution >= 4 is 17.2 Å². The van der Waals surface area contributed by atoms with Gasteiger partial charge < -0.3 is 15.0 Å². The summed E-state index contributed by atoms with van der Waals surface area (Å²) in [7, 11) is 0. The molecule has 0 bridgehead atoms. The first-order valence-corrected chi connectivity index (χ1v) is 11.7. The highest BCUT2D eigenvalue weighted by Gasteiger charge is 2.34. The lowest BCUT2D eigenvalue weighted by Gasteiger charge is -2.28. The number of aromatic nitrogens is 4. The molecule has 0 saturated heterocycles. The van der Waals surface area contributed by atoms with Gasteiger partial charge in [-0.1, -0.05) is 12.1 Å². The van der Waals surface area contributed by atoms with Crippen molar-refractivity contribution < 1.29 is 13.6 Å². The molecule has 1 aliphatic rings. The number of pyridine rings is 2. The van der Waals surface area contributed by atoms with E-state index < -0.39 is 11.8 Å². The number of alkyl halides is 2. The molecule has 5 rings (SSSR count). The first-order valence-electron chi connectivity index (χ1n) is 11.7. The van der Waals surface area contributed by atoms with Crippen molar-refractivity contribution in [1.82, 2.24) is 29.4 Å². The second-order valence-corrected chi connectivity index (χ2v) is 9.06. The SMILES string of the molecule is O=C(NCc1cn2cc(CNCC3CCC(F)(F)CC3)ccc2n1)c1cc(=O)n2ccccc2n1. The molecule has 0 aliphatic heterocycles. The van der Waals surface area contributed by atoms with E-state index in [1.807, 2.05) is 28.9 Å². The summed E-state index contributed by atoms with van der Waals surface area (Å²) in [5, 5.41) is 6.14. The van der Waals surface area contributed by atoms with Crippen molar-refractivity contribution in [1.29, 1.82) is 0 Å². The van der Waals surface area contributed by atoms with Gasteiger partial charge >= 0.3 is 0 Å². The Morgan fingerprint density at radius 3 is 2.71 bits per heavy atom. The Morgan fingerprint density at radius 1 is 1.06 bits per heavy atom. The lowest BCUT2D eigenvalue weighted by atomic mass is 9.87. The molecular weight excluding hydrogens is 454 g/mol. The lowest BCUT2D eigenvalue weighted by molar-refractivity contribution is -0.0455. The summed E-state index contributed by atoms with van der Waals surface area (Å²) < 4.78 is 29.9. The molecule has 2 N–H and O–H groups in total. The van der Waals surface area contributed by atoms with Gasteiger partial charge in [0, 0.05) is 44.0 Å². The molecule has 10 heteroatoms. The number of halogens is 2. The van der Waals surface area contributed by atoms with Crippen LogP contribution < -0.4 is 16.2 Å². The molecule has 4 heterocycles. The molecule has 0 atom stereocenters. The van der Waals surface area contributed by atoms with Gasteiger partial charge in [0.15, 0.2) is 0 Å². The van der Waals surface area contributed by atoms with E-state index in [2.05, 4.69) is 20.6 Å². The quantitative estimate of drug-likeness (QED) is 0.424. The molecule has 182 valence electrons. The zero-order valence-corrected chi connectivity index (χ0v) is 19.1. The third kappa shape index (κ3) is 5.37. The summed E-state index contributed by atoms with van der Waals surface area (Å²) in [5.74, 6) is -2.66. The Kier molecular flexibility index (Phi) is 6.29. The van der Waals surface area contributed by atoms with Crippen LogP contribution in [-0.4, -0.2) is 37.1 Å². The van der Waals surface area contributed by atoms with E-state index >= 15 is 0 Å². The molecule has 0 aromatic carbocycles. The molecule has 0 radical (unpaired) electrons. The Balaban J connectivity index is 1.17. The van der Waals surface area contributed by atoms with Gasteiger partial charge in [0.2, 0.25) is 5.92 Å². The molecule has 0 unspecified atom stereocenters. The Bertz CT molecular complexity index is 1420. The number of nitrogens with one attached hydrogen (secondary N) is 2. The van der Waals surface area contributed by atoms with Crippen LogP contribution in [0.4, 0.5) is 8.78 Å². The predicted molar refractivity (Wildman–Crippen MR) is 126 cm³/mol. The summed E-state index contributed by atoms with van der Waals surface area (Å²) >= 11 is 0. The number of carbonyl (C=O) groups is 1. The maximum absolute atomic E-state index is 13.3. The van der Waals surface area contributed by atoms with Crippen molar-refractivity contribution in [3.05, 3.63) is 82.3 Å². The molecule has 4 aromatic heterocycles. The lowest BCUT2D eigenvalue weighted by Crippen LogP contribution is -2.30. The predicted octanol–water partition coefficient (Wildman–Crippen LogP) is 3.19. The molecule has 1 aliphatic carbocycles. The van der Waals surface area contributed by atoms with E-state index in [1.54, 1.807) is 24.4 Å². The van der Waals surface area contributed by atoms with Crippen molar-refractivity contribution in [2.75, 3.05) is 6.54 Å². The van der Waals surface area contributed by atoms with Crippen LogP contribution in [0.2, 0.25) is 0 Å². The fourth-order valence-corrected chi connectivity index (χ4v) is 4.44. The van der Waals surface area contributed by atoms with Crippen LogP contribution in [0.1, 0.15) is 47.4 Å². The van der Waals surface area contributed by atoms with Crippen molar-refractivity contribution in [2.45, 2.75) is 44.7 Å². The fraction of sp³-hybridized carbons (Fsp3) is 0.360. The average Bonchev–Trinajstić information content (AvgIpc) is 3.26. The van der Waals surface area contributed by atoms with Crippen LogP contribution in [0.15, 0.2) is 59.8 Å². The maximum atomic E-state index is 13.3. The summed E-state index contributed by atoms with van der Waals surface area (Å²) in [6, 6.07) is 10.2. The van der Waals surface area contributed by atoms with Gasteiger partial charge in [-0.15, -0.1) is 0 Å². The second kappa shape index (κ2) is 9.53. The Labute approximate surface area is 200 Å². The number of rotatable bonds is 7. The zero-order valence-electron chi connectivity index (χ0n) is 19.1. The highest BCUT2D eigenvalue weighted by molar-refractivity contribution is 5.92. The van der Waals surface area contributed by atoms with Gasteiger partial charge in [0.1, 0.15) is 17.0 Å². The highest BCUT2D eigenvalue weighted by Crippen LogP contribution is 2.35. The summed E-state index contributed by atoms with van der Waals surface area (Å²) in [6.45, 7) is 1.55. The van der Waals surface area contributed by atoms with Gasteiger partial charge in [0.05, 0.1) is 12.2 Å². The first kappa shape index (κ1) is 23.1. The van der Waals surface area contributed by atoms with E-state index in [0.717, 1.165) is 17.8 Å². The average molecular weight is 481 g/mol. The monoisotopic (exact) mass is 480 g/mol. The van der Waals surface area contributed by atoms with Gasteiger partial charge in [0.25, 0.3) is 11.5 Å². The van der Waals surface area contributed by atoms with E-state index in [4.69, 9.17) is 0 Å². The molecule has 1 amide bonds. The van der Waals surface area contributed by atoms with E-state index in [1.165, 1.54) is 10.5 Å². The first-order chi connectivity index (χ1) is 16.9. The van der Waals surface area contributed by atoms with Gasteiger partial charge in [-0.05, 0) is 49.1 Å². The summed E-state index contributed by atoms with van der Waals surface area (Å²) in [5.41, 5.74) is 2.60. The fourth-order valence-electron chi connectivity index (χ4n) is 4.44. The van der Waals surface area contributed by atoms with Gasteiger partial charge in [-0.25, -0.2) is 18.7 Å². The summed E-state index contributed by atoms with van der Waals surface area (Å²) in [4.78, 5) is 33.5. The largest absolute Gasteiger partial charge is 0.345 e. The Morgan fingerprint density at radius 2 is 1.89 bits per heavy atom. The second-order valence-electron chi connectivity index (χ2n) is 9.06. The molecule has 4 aromatic rings. The number of nitrogens with zero attached hydrogens (tertiary/aromatic N) is 4. The van der Waals surface area contributed by atoms with Crippen LogP contribution in [-0.2, 0) is 13.1 Å². The minimum Gasteiger partial charge on any atom is -0.345 e. The van der Waals surface area contributed by atoms with E-state index in [9.17, 15) is 18.4 Å². The molecule has 1 fully saturated rings. The Hall–Kier alpha value is -3.66. The number of amides is 1. The topological polar surface area (TPSA) is 92.8 Å². The minimum absolute atomic E-state index is 0.0202. The molecule has 35 heavy (non-hydrogen) atoms. The summed E-state index contributed by atoms with van der Waals surface area (Å²) in [6.07, 6.45) is 6.47. The van der Waals surface area contributed by atoms with Crippen LogP contribution in [0.5, 0.6) is 0 Å². The van der Waals surface area contributed by atoms with Crippen LogP contribution in [0, 0.1) is 5.92 Å². The standard InChI is InChI=1S/C25H26F2N6O2/c26-25(27)8-6-17(7-9-25)12-28-13-18-4-5-21-30-19(16-32(21)15-18)14-29-24(35)20-11-23(34)33-10-2-1-3-22(33)31-20/h1-5,10-11,15-17,28H,6-9,12-14H2,(H,29,35).